The van der Waals surface area contributed by atoms with Crippen LogP contribution in [-0.4, -0.2) is 31.1 Å². The minimum Gasteiger partial charge on any atom is -0.463 e. The number of hydrogen-bond donors (Lipinski definition) is 0. The lowest BCUT2D eigenvalue weighted by atomic mass is 10.3. The zero-order valence-electron chi connectivity index (χ0n) is 9.04. The number of Topliss-reactive ketones (excluding diaryl/α,β-unsaturated/α-hetero) is 1. The molecule has 82 valence electrons. The molecule has 0 aromatic rings. The third kappa shape index (κ3) is 7.73. The Bertz CT molecular complexity index is 189. The molecule has 0 spiro atoms. The van der Waals surface area contributed by atoms with Gasteiger partial charge in [-0.2, -0.15) is 0 Å². The first-order valence-electron chi connectivity index (χ1n) is 4.83. The van der Waals surface area contributed by atoms with Gasteiger partial charge in [-0.05, 0) is 20.3 Å². The molecule has 0 amide bonds. The molecule has 4 heteroatoms. The highest BCUT2D eigenvalue weighted by atomic mass is 16.6. The van der Waals surface area contributed by atoms with Gasteiger partial charge in [0.15, 0.2) is 0 Å². The van der Waals surface area contributed by atoms with E-state index in [1.165, 1.54) is 6.92 Å². The van der Waals surface area contributed by atoms with E-state index in [9.17, 15) is 9.59 Å². The van der Waals surface area contributed by atoms with Crippen molar-refractivity contribution in [3.8, 4) is 0 Å². The van der Waals surface area contributed by atoms with Crippen molar-refractivity contribution >= 4 is 11.8 Å². The molecule has 0 bridgehead atoms. The van der Waals surface area contributed by atoms with Crippen molar-refractivity contribution < 1.29 is 19.1 Å². The molecular weight excluding hydrogens is 184 g/mol. The molecule has 0 aliphatic heterocycles. The average Bonchev–Trinajstić information content (AvgIpc) is 2.10. The summed E-state index contributed by atoms with van der Waals surface area (Å²) >= 11 is 0. The Labute approximate surface area is 84.6 Å². The molecule has 0 aliphatic rings. The highest BCUT2D eigenvalue weighted by Crippen LogP contribution is 1.95. The Morgan fingerprint density at radius 3 is 2.43 bits per heavy atom. The van der Waals surface area contributed by atoms with Gasteiger partial charge in [0.1, 0.15) is 18.8 Å². The Hall–Kier alpha value is -0.900. The van der Waals surface area contributed by atoms with E-state index >= 15 is 0 Å². The van der Waals surface area contributed by atoms with Crippen molar-refractivity contribution in [2.75, 3.05) is 13.2 Å². The van der Waals surface area contributed by atoms with E-state index in [2.05, 4.69) is 0 Å². The Morgan fingerprint density at radius 2 is 1.93 bits per heavy atom. The number of rotatable bonds is 7. The summed E-state index contributed by atoms with van der Waals surface area (Å²) < 4.78 is 10.0. The summed E-state index contributed by atoms with van der Waals surface area (Å²) in [5.74, 6) is -0.664. The second kappa shape index (κ2) is 7.50. The van der Waals surface area contributed by atoms with E-state index in [4.69, 9.17) is 9.47 Å². The average molecular weight is 202 g/mol. The second-order valence-corrected chi connectivity index (χ2v) is 3.19. The number of carbonyl (C=O) groups is 2. The monoisotopic (exact) mass is 202 g/mol. The van der Waals surface area contributed by atoms with Gasteiger partial charge in [0.25, 0.3) is 0 Å². The maximum Gasteiger partial charge on any atom is 0.313 e. The first-order chi connectivity index (χ1) is 6.56. The highest BCUT2D eigenvalue weighted by Gasteiger charge is 2.06. The number of ketones is 1. The maximum absolute atomic E-state index is 10.9. The normalized spacial score (nSPS) is 12.2. The molecule has 1 atom stereocenters. The van der Waals surface area contributed by atoms with Crippen LogP contribution in [0.1, 0.15) is 33.6 Å². The quantitative estimate of drug-likeness (QED) is 0.355. The molecule has 0 aliphatic carbocycles. The number of ether oxygens (including phenoxy) is 2. The second-order valence-electron chi connectivity index (χ2n) is 3.19. The van der Waals surface area contributed by atoms with Crippen molar-refractivity contribution in [1.29, 1.82) is 0 Å². The summed E-state index contributed by atoms with van der Waals surface area (Å²) in [6, 6.07) is 0. The largest absolute Gasteiger partial charge is 0.463 e. The minimum atomic E-state index is -0.481. The van der Waals surface area contributed by atoms with E-state index in [-0.39, 0.29) is 24.9 Å². The minimum absolute atomic E-state index is 0.149. The molecule has 0 N–H and O–H groups in total. The summed E-state index contributed by atoms with van der Waals surface area (Å²) in [5.41, 5.74) is 0. The molecule has 0 saturated heterocycles. The van der Waals surface area contributed by atoms with Crippen LogP contribution in [0.2, 0.25) is 0 Å². The molecule has 0 radical (unpaired) electrons. The fourth-order valence-corrected chi connectivity index (χ4v) is 0.777. The molecule has 0 fully saturated rings. The molecule has 0 aromatic carbocycles. The van der Waals surface area contributed by atoms with Crippen LogP contribution in [0.4, 0.5) is 0 Å². The molecule has 0 saturated carbocycles. The van der Waals surface area contributed by atoms with E-state index in [0.717, 1.165) is 6.42 Å². The molecule has 0 rings (SSSR count). The van der Waals surface area contributed by atoms with Crippen molar-refractivity contribution in [2.24, 2.45) is 0 Å². The first kappa shape index (κ1) is 13.1. The number of carbonyl (C=O) groups excluding carboxylic acids is 2. The third-order valence-electron chi connectivity index (χ3n) is 1.72. The van der Waals surface area contributed by atoms with Crippen LogP contribution in [0, 0.1) is 0 Å². The van der Waals surface area contributed by atoms with Crippen molar-refractivity contribution in [3.05, 3.63) is 0 Å². The van der Waals surface area contributed by atoms with Gasteiger partial charge >= 0.3 is 5.97 Å². The maximum atomic E-state index is 10.9. The molecule has 1 unspecified atom stereocenters. The van der Waals surface area contributed by atoms with E-state index < -0.39 is 5.97 Å². The molecule has 0 heterocycles. The predicted molar refractivity (Wildman–Crippen MR) is 52.0 cm³/mol. The number of esters is 1. The fraction of sp³-hybridized carbons (Fsp3) is 0.800. The van der Waals surface area contributed by atoms with Crippen LogP contribution in [0.25, 0.3) is 0 Å². The summed E-state index contributed by atoms with van der Waals surface area (Å²) in [5, 5.41) is 0. The lowest BCUT2D eigenvalue weighted by Gasteiger charge is -2.10. The fourth-order valence-electron chi connectivity index (χ4n) is 0.777. The van der Waals surface area contributed by atoms with Crippen molar-refractivity contribution in [3.63, 3.8) is 0 Å². The zero-order valence-corrected chi connectivity index (χ0v) is 9.04. The Kier molecular flexibility index (Phi) is 7.02. The van der Waals surface area contributed by atoms with Crippen LogP contribution in [0.15, 0.2) is 0 Å². The Morgan fingerprint density at radius 1 is 1.29 bits per heavy atom. The van der Waals surface area contributed by atoms with Gasteiger partial charge in [-0.15, -0.1) is 0 Å². The van der Waals surface area contributed by atoms with Gasteiger partial charge in [0.2, 0.25) is 0 Å². The number of hydrogen-bond acceptors (Lipinski definition) is 4. The lowest BCUT2D eigenvalue weighted by molar-refractivity contribution is -0.147. The zero-order chi connectivity index (χ0) is 11.0. The standard InChI is InChI=1S/C10H18O4/c1-4-9(3)13-5-6-14-10(12)7-8(2)11/h9H,4-7H2,1-3H3. The Balaban J connectivity index is 3.36. The smallest absolute Gasteiger partial charge is 0.313 e. The van der Waals surface area contributed by atoms with Gasteiger partial charge in [-0.1, -0.05) is 6.92 Å². The molecular formula is C10H18O4. The van der Waals surface area contributed by atoms with E-state index in [1.807, 2.05) is 13.8 Å². The summed E-state index contributed by atoms with van der Waals surface area (Å²) in [6.07, 6.45) is 0.964. The van der Waals surface area contributed by atoms with Crippen LogP contribution in [0.5, 0.6) is 0 Å². The van der Waals surface area contributed by atoms with Gasteiger partial charge in [0, 0.05) is 0 Å². The van der Waals surface area contributed by atoms with Crippen LogP contribution < -0.4 is 0 Å². The molecule has 0 aromatic heterocycles. The first-order valence-corrected chi connectivity index (χ1v) is 4.83. The van der Waals surface area contributed by atoms with Crippen LogP contribution >= 0.6 is 0 Å². The van der Waals surface area contributed by atoms with Crippen molar-refractivity contribution in [1.82, 2.24) is 0 Å². The predicted octanol–water partition coefficient (Wildman–Crippen LogP) is 1.32. The van der Waals surface area contributed by atoms with Crippen molar-refractivity contribution in [2.45, 2.75) is 39.7 Å². The lowest BCUT2D eigenvalue weighted by Crippen LogP contribution is -2.16. The van der Waals surface area contributed by atoms with Crippen LogP contribution in [-0.2, 0) is 19.1 Å². The third-order valence-corrected chi connectivity index (χ3v) is 1.72. The van der Waals surface area contributed by atoms with Gasteiger partial charge in [0.05, 0.1) is 12.7 Å². The highest BCUT2D eigenvalue weighted by molar-refractivity contribution is 5.94. The summed E-state index contributed by atoms with van der Waals surface area (Å²) in [4.78, 5) is 21.4. The SMILES string of the molecule is CCC(C)OCCOC(=O)CC(C)=O. The molecule has 14 heavy (non-hydrogen) atoms. The van der Waals surface area contributed by atoms with Gasteiger partial charge in [-0.3, -0.25) is 9.59 Å². The summed E-state index contributed by atoms with van der Waals surface area (Å²) in [6.45, 7) is 5.94. The van der Waals surface area contributed by atoms with Gasteiger partial charge < -0.3 is 9.47 Å². The summed E-state index contributed by atoms with van der Waals surface area (Å²) in [7, 11) is 0. The van der Waals surface area contributed by atoms with Crippen LogP contribution in [0.3, 0.4) is 0 Å². The molecule has 4 nitrogen and oxygen atoms in total. The van der Waals surface area contributed by atoms with E-state index in [0.29, 0.717) is 6.61 Å². The van der Waals surface area contributed by atoms with Gasteiger partial charge in [-0.25, -0.2) is 0 Å². The van der Waals surface area contributed by atoms with E-state index in [1.54, 1.807) is 0 Å². The topological polar surface area (TPSA) is 52.6 Å².